The van der Waals surface area contributed by atoms with Crippen molar-refractivity contribution < 1.29 is 9.90 Å². The SMILES string of the molecule is CCNC1(CC(=O)O)CCCC(CC)C1. The summed E-state index contributed by atoms with van der Waals surface area (Å²) in [5.74, 6) is 0.0323. The van der Waals surface area contributed by atoms with Gasteiger partial charge in [0.1, 0.15) is 0 Å². The van der Waals surface area contributed by atoms with Crippen molar-refractivity contribution >= 4 is 5.97 Å². The van der Waals surface area contributed by atoms with E-state index in [0.29, 0.717) is 5.92 Å². The molecule has 1 fully saturated rings. The van der Waals surface area contributed by atoms with Crippen LogP contribution in [0.4, 0.5) is 0 Å². The fourth-order valence-corrected chi connectivity index (χ4v) is 2.88. The minimum atomic E-state index is -0.673. The van der Waals surface area contributed by atoms with E-state index in [4.69, 9.17) is 5.11 Å². The van der Waals surface area contributed by atoms with Gasteiger partial charge in [-0.1, -0.05) is 33.1 Å². The minimum Gasteiger partial charge on any atom is -0.481 e. The van der Waals surface area contributed by atoms with Gasteiger partial charge in [0.15, 0.2) is 0 Å². The lowest BCUT2D eigenvalue weighted by atomic mass is 9.73. The number of carboxylic acid groups (broad SMARTS) is 1. The first kappa shape index (κ1) is 12.5. The fraction of sp³-hybridized carbons (Fsp3) is 0.917. The van der Waals surface area contributed by atoms with Crippen molar-refractivity contribution in [2.24, 2.45) is 5.92 Å². The van der Waals surface area contributed by atoms with Gasteiger partial charge in [0.05, 0.1) is 6.42 Å². The third kappa shape index (κ3) is 3.49. The Morgan fingerprint density at radius 2 is 2.27 bits per heavy atom. The lowest BCUT2D eigenvalue weighted by Gasteiger charge is -2.40. The van der Waals surface area contributed by atoms with Crippen molar-refractivity contribution in [2.75, 3.05) is 6.54 Å². The molecule has 2 atom stereocenters. The summed E-state index contributed by atoms with van der Waals surface area (Å²) in [5.41, 5.74) is -0.125. The molecule has 15 heavy (non-hydrogen) atoms. The molecule has 3 nitrogen and oxygen atoms in total. The number of hydrogen-bond donors (Lipinski definition) is 2. The monoisotopic (exact) mass is 213 g/mol. The Kier molecular flexibility index (Phi) is 4.58. The van der Waals surface area contributed by atoms with Gasteiger partial charge in [0.2, 0.25) is 0 Å². The predicted molar refractivity (Wildman–Crippen MR) is 60.9 cm³/mol. The fourth-order valence-electron chi connectivity index (χ4n) is 2.88. The van der Waals surface area contributed by atoms with Crippen LogP contribution >= 0.6 is 0 Å². The smallest absolute Gasteiger partial charge is 0.305 e. The van der Waals surface area contributed by atoms with Crippen LogP contribution in [-0.2, 0) is 4.79 Å². The average molecular weight is 213 g/mol. The molecule has 0 radical (unpaired) electrons. The van der Waals surface area contributed by atoms with Gasteiger partial charge in [-0.25, -0.2) is 0 Å². The quantitative estimate of drug-likeness (QED) is 0.737. The maximum Gasteiger partial charge on any atom is 0.305 e. The molecule has 0 bridgehead atoms. The second-order valence-electron chi connectivity index (χ2n) is 4.75. The molecule has 3 heteroatoms. The summed E-state index contributed by atoms with van der Waals surface area (Å²) in [6.45, 7) is 5.12. The van der Waals surface area contributed by atoms with E-state index >= 15 is 0 Å². The van der Waals surface area contributed by atoms with Crippen LogP contribution in [-0.4, -0.2) is 23.2 Å². The van der Waals surface area contributed by atoms with Gasteiger partial charge in [-0.15, -0.1) is 0 Å². The highest BCUT2D eigenvalue weighted by molar-refractivity contribution is 5.68. The van der Waals surface area contributed by atoms with Crippen LogP contribution in [0.15, 0.2) is 0 Å². The van der Waals surface area contributed by atoms with Crippen LogP contribution in [0.5, 0.6) is 0 Å². The highest BCUT2D eigenvalue weighted by atomic mass is 16.4. The highest BCUT2D eigenvalue weighted by Gasteiger charge is 2.36. The van der Waals surface area contributed by atoms with Gasteiger partial charge in [0.25, 0.3) is 0 Å². The molecule has 2 unspecified atom stereocenters. The van der Waals surface area contributed by atoms with E-state index in [1.165, 1.54) is 19.3 Å². The van der Waals surface area contributed by atoms with E-state index in [1.54, 1.807) is 0 Å². The second-order valence-corrected chi connectivity index (χ2v) is 4.75. The second kappa shape index (κ2) is 5.50. The molecule has 0 amide bonds. The summed E-state index contributed by atoms with van der Waals surface area (Å²) in [4.78, 5) is 10.9. The van der Waals surface area contributed by atoms with E-state index in [-0.39, 0.29) is 12.0 Å². The first-order valence-electron chi connectivity index (χ1n) is 6.08. The van der Waals surface area contributed by atoms with E-state index in [0.717, 1.165) is 19.4 Å². The molecule has 0 aliphatic heterocycles. The Morgan fingerprint density at radius 3 is 2.80 bits per heavy atom. The molecule has 0 aromatic heterocycles. The molecule has 1 rings (SSSR count). The van der Waals surface area contributed by atoms with Crippen molar-refractivity contribution in [2.45, 2.75) is 57.9 Å². The largest absolute Gasteiger partial charge is 0.481 e. The summed E-state index contributed by atoms with van der Waals surface area (Å²) in [7, 11) is 0. The Balaban J connectivity index is 2.65. The summed E-state index contributed by atoms with van der Waals surface area (Å²) in [6, 6.07) is 0. The maximum absolute atomic E-state index is 10.9. The Morgan fingerprint density at radius 1 is 1.53 bits per heavy atom. The average Bonchev–Trinajstić information content (AvgIpc) is 2.17. The number of hydrogen-bond acceptors (Lipinski definition) is 2. The van der Waals surface area contributed by atoms with Gasteiger partial charge in [0, 0.05) is 5.54 Å². The van der Waals surface area contributed by atoms with E-state index in [1.807, 2.05) is 0 Å². The Labute approximate surface area is 92.3 Å². The third-order valence-electron chi connectivity index (χ3n) is 3.57. The van der Waals surface area contributed by atoms with Crippen LogP contribution in [0, 0.1) is 5.92 Å². The molecule has 1 aliphatic carbocycles. The van der Waals surface area contributed by atoms with Gasteiger partial charge in [-0.2, -0.15) is 0 Å². The molecule has 0 heterocycles. The van der Waals surface area contributed by atoms with Crippen molar-refractivity contribution in [3.8, 4) is 0 Å². The number of carbonyl (C=O) groups is 1. The first-order valence-corrected chi connectivity index (χ1v) is 6.08. The number of aliphatic carboxylic acids is 1. The summed E-state index contributed by atoms with van der Waals surface area (Å²) in [6.07, 6.45) is 5.93. The van der Waals surface area contributed by atoms with Crippen molar-refractivity contribution in [1.82, 2.24) is 5.32 Å². The number of rotatable bonds is 5. The molecule has 2 N–H and O–H groups in total. The first-order chi connectivity index (χ1) is 7.12. The topological polar surface area (TPSA) is 49.3 Å². The number of carboxylic acids is 1. The van der Waals surface area contributed by atoms with Crippen LogP contribution in [0.2, 0.25) is 0 Å². The summed E-state index contributed by atoms with van der Waals surface area (Å²) < 4.78 is 0. The van der Waals surface area contributed by atoms with E-state index < -0.39 is 5.97 Å². The van der Waals surface area contributed by atoms with Crippen molar-refractivity contribution in [3.05, 3.63) is 0 Å². The van der Waals surface area contributed by atoms with Crippen LogP contribution < -0.4 is 5.32 Å². The Bertz CT molecular complexity index is 214. The van der Waals surface area contributed by atoms with Crippen molar-refractivity contribution in [1.29, 1.82) is 0 Å². The van der Waals surface area contributed by atoms with Gasteiger partial charge in [-0.05, 0) is 25.3 Å². The molecular formula is C12H23NO2. The van der Waals surface area contributed by atoms with Crippen molar-refractivity contribution in [3.63, 3.8) is 0 Å². The highest BCUT2D eigenvalue weighted by Crippen LogP contribution is 2.36. The van der Waals surface area contributed by atoms with Crippen LogP contribution in [0.3, 0.4) is 0 Å². The van der Waals surface area contributed by atoms with Crippen LogP contribution in [0.25, 0.3) is 0 Å². The minimum absolute atomic E-state index is 0.125. The zero-order valence-corrected chi connectivity index (χ0v) is 9.88. The lowest BCUT2D eigenvalue weighted by Crippen LogP contribution is -2.50. The normalized spacial score (nSPS) is 31.5. The summed E-state index contributed by atoms with van der Waals surface area (Å²) >= 11 is 0. The lowest BCUT2D eigenvalue weighted by molar-refractivity contribution is -0.139. The number of nitrogens with one attached hydrogen (secondary N) is 1. The van der Waals surface area contributed by atoms with Gasteiger partial charge >= 0.3 is 5.97 Å². The zero-order chi connectivity index (χ0) is 11.3. The molecule has 1 aliphatic rings. The summed E-state index contributed by atoms with van der Waals surface area (Å²) in [5, 5.41) is 12.4. The van der Waals surface area contributed by atoms with Gasteiger partial charge in [-0.3, -0.25) is 4.79 Å². The van der Waals surface area contributed by atoms with E-state index in [2.05, 4.69) is 19.2 Å². The molecule has 0 aromatic rings. The zero-order valence-electron chi connectivity index (χ0n) is 9.88. The molecule has 88 valence electrons. The molecule has 1 saturated carbocycles. The Hall–Kier alpha value is -0.570. The molecule has 0 aromatic carbocycles. The third-order valence-corrected chi connectivity index (χ3v) is 3.57. The van der Waals surface area contributed by atoms with Gasteiger partial charge < -0.3 is 10.4 Å². The van der Waals surface area contributed by atoms with Crippen LogP contribution in [0.1, 0.15) is 52.4 Å². The molecular weight excluding hydrogens is 190 g/mol. The predicted octanol–water partition coefficient (Wildman–Crippen LogP) is 2.41. The maximum atomic E-state index is 10.9. The van der Waals surface area contributed by atoms with E-state index in [9.17, 15) is 4.79 Å². The molecule has 0 saturated heterocycles. The molecule has 0 spiro atoms. The standard InChI is InChI=1S/C12H23NO2/c1-3-10-6-5-7-12(8-10,13-4-2)9-11(14)15/h10,13H,3-9H2,1-2H3,(H,14,15).